The lowest BCUT2D eigenvalue weighted by Crippen LogP contribution is -2.16. The molecule has 1 saturated carbocycles. The first-order valence-electron chi connectivity index (χ1n) is 8.39. The number of hydrogen-bond donors (Lipinski definition) is 1. The number of hydrogen-bond acceptors (Lipinski definition) is 2. The number of aromatic nitrogens is 2. The minimum absolute atomic E-state index is 0.0847. The van der Waals surface area contributed by atoms with Crippen LogP contribution in [0.3, 0.4) is 0 Å². The maximum atomic E-state index is 13.1. The highest BCUT2D eigenvalue weighted by Gasteiger charge is 2.45. The molecule has 3 atom stereocenters. The maximum Gasteiger partial charge on any atom is 0.282 e. The van der Waals surface area contributed by atoms with Gasteiger partial charge in [-0.2, -0.15) is 5.10 Å². The van der Waals surface area contributed by atoms with Gasteiger partial charge in [-0.15, -0.1) is 6.58 Å². The lowest BCUT2D eigenvalue weighted by molar-refractivity contribution is 0.101. The molecule has 1 heterocycles. The number of carbonyl (C=O) groups is 1. The summed E-state index contributed by atoms with van der Waals surface area (Å²) in [5, 5.41) is 6.54. The molecule has 1 N–H and O–H groups in total. The minimum atomic E-state index is -2.79. The highest BCUT2D eigenvalue weighted by Crippen LogP contribution is 2.59. The van der Waals surface area contributed by atoms with E-state index in [9.17, 15) is 13.6 Å². The van der Waals surface area contributed by atoms with Gasteiger partial charge < -0.3 is 5.32 Å². The first-order chi connectivity index (χ1) is 12.0. The van der Waals surface area contributed by atoms with Crippen molar-refractivity contribution in [2.45, 2.75) is 31.1 Å². The van der Waals surface area contributed by atoms with E-state index >= 15 is 0 Å². The third kappa shape index (κ3) is 2.39. The molecule has 1 aromatic carbocycles. The number of amides is 1. The third-order valence-electron chi connectivity index (χ3n) is 5.46. The normalized spacial score (nSPS) is 23.8. The van der Waals surface area contributed by atoms with Crippen LogP contribution in [-0.4, -0.2) is 15.7 Å². The summed E-state index contributed by atoms with van der Waals surface area (Å²) in [7, 11) is 1.52. The lowest BCUT2D eigenvalue weighted by Gasteiger charge is -2.19. The van der Waals surface area contributed by atoms with E-state index in [0.29, 0.717) is 23.4 Å². The van der Waals surface area contributed by atoms with Crippen molar-refractivity contribution in [3.63, 3.8) is 0 Å². The van der Waals surface area contributed by atoms with Gasteiger partial charge >= 0.3 is 0 Å². The molecule has 2 aliphatic rings. The molecule has 2 aliphatic carbocycles. The molecule has 2 aromatic rings. The SMILES string of the molecule is C=CC1C2CCC1c1c(NC(=O)c3cn(C)nc3C(F)F)cccc12. The predicted octanol–water partition coefficient (Wildman–Crippen LogP) is 4.39. The summed E-state index contributed by atoms with van der Waals surface area (Å²) >= 11 is 0. The molecule has 3 unspecified atom stereocenters. The van der Waals surface area contributed by atoms with Crippen LogP contribution >= 0.6 is 0 Å². The van der Waals surface area contributed by atoms with Gasteiger partial charge in [0.2, 0.25) is 0 Å². The summed E-state index contributed by atoms with van der Waals surface area (Å²) in [5.74, 6) is 0.639. The Labute approximate surface area is 144 Å². The van der Waals surface area contributed by atoms with Crippen LogP contribution in [0.4, 0.5) is 14.5 Å². The molecule has 0 spiro atoms. The van der Waals surface area contributed by atoms with E-state index in [0.717, 1.165) is 18.4 Å². The molecule has 2 bridgehead atoms. The Balaban J connectivity index is 1.68. The Morgan fingerprint density at radius 3 is 2.88 bits per heavy atom. The molecule has 1 amide bonds. The number of allylic oxidation sites excluding steroid dienone is 1. The fourth-order valence-electron chi connectivity index (χ4n) is 4.51. The van der Waals surface area contributed by atoms with Crippen LogP contribution in [0, 0.1) is 5.92 Å². The van der Waals surface area contributed by atoms with Crippen molar-refractivity contribution in [2.75, 3.05) is 5.32 Å². The molecule has 6 heteroatoms. The van der Waals surface area contributed by atoms with Crippen LogP contribution in [-0.2, 0) is 7.05 Å². The minimum Gasteiger partial charge on any atom is -0.322 e. The van der Waals surface area contributed by atoms with Gasteiger partial charge in [0.05, 0.1) is 5.56 Å². The Kier molecular flexibility index (Phi) is 3.71. The lowest BCUT2D eigenvalue weighted by atomic mass is 9.90. The number of anilines is 1. The molecule has 1 fully saturated rings. The van der Waals surface area contributed by atoms with E-state index in [-0.39, 0.29) is 5.56 Å². The number of alkyl halides is 2. The third-order valence-corrected chi connectivity index (χ3v) is 5.46. The van der Waals surface area contributed by atoms with Crippen LogP contribution in [0.15, 0.2) is 37.1 Å². The monoisotopic (exact) mass is 343 g/mol. The summed E-state index contributed by atoms with van der Waals surface area (Å²) in [6.07, 6.45) is 2.74. The fraction of sp³-hybridized carbons (Fsp3) is 0.368. The van der Waals surface area contributed by atoms with Crippen molar-refractivity contribution < 1.29 is 13.6 Å². The number of nitrogens with zero attached hydrogens (tertiary/aromatic N) is 2. The van der Waals surface area contributed by atoms with Crippen molar-refractivity contribution in [2.24, 2.45) is 13.0 Å². The molecule has 25 heavy (non-hydrogen) atoms. The van der Waals surface area contributed by atoms with Crippen molar-refractivity contribution in [1.29, 1.82) is 0 Å². The van der Waals surface area contributed by atoms with Crippen molar-refractivity contribution >= 4 is 11.6 Å². The summed E-state index contributed by atoms with van der Waals surface area (Å²) < 4.78 is 27.5. The first kappa shape index (κ1) is 16.0. The quantitative estimate of drug-likeness (QED) is 0.837. The Morgan fingerprint density at radius 2 is 2.16 bits per heavy atom. The van der Waals surface area contributed by atoms with E-state index in [2.05, 4.69) is 23.1 Å². The second-order valence-electron chi connectivity index (χ2n) is 6.77. The molecule has 4 nitrogen and oxygen atoms in total. The van der Waals surface area contributed by atoms with Gasteiger partial charge in [0.1, 0.15) is 5.69 Å². The van der Waals surface area contributed by atoms with Gasteiger partial charge in [-0.1, -0.05) is 18.2 Å². The number of nitrogens with one attached hydrogen (secondary N) is 1. The molecule has 0 saturated heterocycles. The number of rotatable bonds is 4. The molecular formula is C19H19F2N3O. The molecule has 1 aromatic heterocycles. The zero-order chi connectivity index (χ0) is 17.7. The molecular weight excluding hydrogens is 324 g/mol. The van der Waals surface area contributed by atoms with Crippen LogP contribution in [0.1, 0.15) is 58.3 Å². The Morgan fingerprint density at radius 1 is 1.40 bits per heavy atom. The largest absolute Gasteiger partial charge is 0.322 e. The van der Waals surface area contributed by atoms with Gasteiger partial charge in [0.25, 0.3) is 12.3 Å². The zero-order valence-electron chi connectivity index (χ0n) is 13.9. The summed E-state index contributed by atoms with van der Waals surface area (Å²) in [6, 6.07) is 5.85. The van der Waals surface area contributed by atoms with Crippen molar-refractivity contribution in [3.05, 3.63) is 59.4 Å². The van der Waals surface area contributed by atoms with E-state index in [1.165, 1.54) is 23.5 Å². The van der Waals surface area contributed by atoms with E-state index in [1.807, 2.05) is 18.2 Å². The van der Waals surface area contributed by atoms with E-state index in [4.69, 9.17) is 0 Å². The Bertz CT molecular complexity index is 858. The predicted molar refractivity (Wildman–Crippen MR) is 91.0 cm³/mol. The first-order valence-corrected chi connectivity index (χ1v) is 8.39. The molecule has 0 aliphatic heterocycles. The van der Waals surface area contributed by atoms with Crippen LogP contribution < -0.4 is 5.32 Å². The molecule has 0 radical (unpaired) electrons. The maximum absolute atomic E-state index is 13.1. The van der Waals surface area contributed by atoms with Crippen molar-refractivity contribution in [1.82, 2.24) is 9.78 Å². The fourth-order valence-corrected chi connectivity index (χ4v) is 4.51. The van der Waals surface area contributed by atoms with Crippen LogP contribution in [0.25, 0.3) is 0 Å². The Hall–Kier alpha value is -2.50. The number of halogens is 2. The average molecular weight is 343 g/mol. The van der Waals surface area contributed by atoms with Gasteiger partial charge in [-0.05, 0) is 47.8 Å². The summed E-state index contributed by atoms with van der Waals surface area (Å²) in [6.45, 7) is 3.96. The van der Waals surface area contributed by atoms with Gasteiger partial charge in [0.15, 0.2) is 0 Å². The summed E-state index contributed by atoms with van der Waals surface area (Å²) in [4.78, 5) is 12.6. The van der Waals surface area contributed by atoms with Crippen molar-refractivity contribution in [3.8, 4) is 0 Å². The van der Waals surface area contributed by atoms with Gasteiger partial charge in [-0.25, -0.2) is 8.78 Å². The van der Waals surface area contributed by atoms with E-state index < -0.39 is 18.0 Å². The second kappa shape index (κ2) is 5.79. The number of carbonyl (C=O) groups excluding carboxylic acids is 1. The van der Waals surface area contributed by atoms with E-state index in [1.54, 1.807) is 0 Å². The standard InChI is InChI=1S/C19H19F2N3O/c1-3-10-11-7-8-13(10)16-12(11)5-4-6-15(16)22-19(25)14-9-24(2)23-17(14)18(20)21/h3-6,9-11,13,18H,1,7-8H2,2H3,(H,22,25). The molecule has 130 valence electrons. The van der Waals surface area contributed by atoms with Gasteiger partial charge in [0, 0.05) is 18.9 Å². The number of aryl methyl sites for hydroxylation is 1. The smallest absolute Gasteiger partial charge is 0.282 e. The number of benzene rings is 1. The van der Waals surface area contributed by atoms with Crippen LogP contribution in [0.2, 0.25) is 0 Å². The zero-order valence-corrected chi connectivity index (χ0v) is 13.9. The highest BCUT2D eigenvalue weighted by atomic mass is 19.3. The number of fused-ring (bicyclic) bond motifs is 5. The topological polar surface area (TPSA) is 46.9 Å². The van der Waals surface area contributed by atoms with Gasteiger partial charge in [-0.3, -0.25) is 9.48 Å². The molecule has 4 rings (SSSR count). The van der Waals surface area contributed by atoms with Crippen LogP contribution in [0.5, 0.6) is 0 Å². The second-order valence-corrected chi connectivity index (χ2v) is 6.77. The average Bonchev–Trinajstić information content (AvgIpc) is 3.26. The highest BCUT2D eigenvalue weighted by molar-refractivity contribution is 6.05. The summed E-state index contributed by atoms with van der Waals surface area (Å²) in [5.41, 5.74) is 2.53.